The van der Waals surface area contributed by atoms with Gasteiger partial charge in [-0.1, -0.05) is 119 Å². The molecule has 0 spiro atoms. The summed E-state index contributed by atoms with van der Waals surface area (Å²) in [4.78, 5) is 0. The van der Waals surface area contributed by atoms with Crippen LogP contribution < -0.4 is 0 Å². The summed E-state index contributed by atoms with van der Waals surface area (Å²) in [5.41, 5.74) is 11.9. The number of hydrogen-bond donors (Lipinski definition) is 0. The Bertz CT molecular complexity index is 1030. The van der Waals surface area contributed by atoms with Crippen LogP contribution in [0.1, 0.15) is 38.9 Å². The molecule has 0 heterocycles. The smallest absolute Gasteiger partial charge is 0.0181 e. The van der Waals surface area contributed by atoms with E-state index in [0.29, 0.717) is 0 Å². The predicted molar refractivity (Wildman–Crippen MR) is 138 cm³/mol. The van der Waals surface area contributed by atoms with Gasteiger partial charge in [-0.15, -0.1) is 0 Å². The third kappa shape index (κ3) is 8.64. The molecular weight excluding hydrogens is 372 g/mol. The Morgan fingerprint density at radius 2 is 0.742 bits per heavy atom. The lowest BCUT2D eigenvalue weighted by atomic mass is 10.00. The van der Waals surface area contributed by atoms with Crippen molar-refractivity contribution in [2.75, 3.05) is 0 Å². The van der Waals surface area contributed by atoms with Gasteiger partial charge >= 0.3 is 0 Å². The third-order valence-electron chi connectivity index (χ3n) is 5.28. The van der Waals surface area contributed by atoms with Gasteiger partial charge in [-0.2, -0.15) is 0 Å². The van der Waals surface area contributed by atoms with Gasteiger partial charge < -0.3 is 0 Å². The van der Waals surface area contributed by atoms with Crippen LogP contribution in [-0.4, -0.2) is 0 Å². The lowest BCUT2D eigenvalue weighted by Gasteiger charge is -2.05. The number of hydrogen-bond acceptors (Lipinski definition) is 0. The molecule has 0 saturated heterocycles. The van der Waals surface area contributed by atoms with Gasteiger partial charge in [-0.25, -0.2) is 0 Å². The maximum atomic E-state index is 2.25. The summed E-state index contributed by atoms with van der Waals surface area (Å²) in [6, 6.07) is 32.2. The first-order valence-electron chi connectivity index (χ1n) is 11.0. The summed E-state index contributed by atoms with van der Waals surface area (Å²) in [6.45, 7) is 14.8. The van der Waals surface area contributed by atoms with E-state index >= 15 is 0 Å². The van der Waals surface area contributed by atoms with Crippen LogP contribution in [0.3, 0.4) is 0 Å². The molecule has 0 amide bonds. The van der Waals surface area contributed by atoms with Crippen LogP contribution in [-0.2, 0) is 0 Å². The summed E-state index contributed by atoms with van der Waals surface area (Å²) in [6.07, 6.45) is 0. The molecule has 0 aromatic heterocycles. The van der Waals surface area contributed by atoms with E-state index in [9.17, 15) is 0 Å². The first-order chi connectivity index (χ1) is 14.7. The zero-order valence-corrected chi connectivity index (χ0v) is 20.2. The van der Waals surface area contributed by atoms with E-state index in [4.69, 9.17) is 0 Å². The van der Waals surface area contributed by atoms with Crippen LogP contribution in [0.4, 0.5) is 0 Å². The fraction of sp³-hybridized carbons (Fsp3) is 0.226. The molecular formula is C31H36. The topological polar surface area (TPSA) is 0 Å². The van der Waals surface area contributed by atoms with Gasteiger partial charge in [-0.05, 0) is 70.7 Å². The van der Waals surface area contributed by atoms with Gasteiger partial charge in [-0.3, -0.25) is 0 Å². The molecule has 0 aliphatic rings. The third-order valence-corrected chi connectivity index (χ3v) is 5.28. The van der Waals surface area contributed by atoms with Crippen molar-refractivity contribution in [3.05, 3.63) is 130 Å². The van der Waals surface area contributed by atoms with Gasteiger partial charge in [0.2, 0.25) is 0 Å². The molecule has 0 saturated carbocycles. The monoisotopic (exact) mass is 408 g/mol. The van der Waals surface area contributed by atoms with Crippen LogP contribution in [0, 0.1) is 48.5 Å². The molecule has 31 heavy (non-hydrogen) atoms. The first kappa shape index (κ1) is 24.2. The van der Waals surface area contributed by atoms with E-state index in [1.165, 1.54) is 50.1 Å². The second kappa shape index (κ2) is 11.9. The van der Waals surface area contributed by atoms with E-state index < -0.39 is 0 Å². The van der Waals surface area contributed by atoms with Crippen molar-refractivity contribution >= 4 is 0 Å². The molecule has 4 aromatic carbocycles. The lowest BCUT2D eigenvalue weighted by Crippen LogP contribution is -1.83. The van der Waals surface area contributed by atoms with Gasteiger partial charge in [0.1, 0.15) is 0 Å². The molecule has 0 fully saturated rings. The van der Waals surface area contributed by atoms with Gasteiger partial charge in [0.15, 0.2) is 0 Å². The van der Waals surface area contributed by atoms with Crippen molar-refractivity contribution in [2.24, 2.45) is 0 Å². The maximum absolute atomic E-state index is 2.25. The Morgan fingerprint density at radius 3 is 1.13 bits per heavy atom. The van der Waals surface area contributed by atoms with Crippen LogP contribution in [0.2, 0.25) is 0 Å². The zero-order valence-electron chi connectivity index (χ0n) is 20.2. The molecule has 0 heteroatoms. The van der Waals surface area contributed by atoms with Crippen LogP contribution in [0.25, 0.3) is 11.1 Å². The van der Waals surface area contributed by atoms with Crippen LogP contribution in [0.15, 0.2) is 91.0 Å². The highest BCUT2D eigenvalue weighted by molar-refractivity contribution is 5.65. The Labute approximate surface area is 189 Å². The Morgan fingerprint density at radius 1 is 0.323 bits per heavy atom. The molecule has 4 aromatic rings. The number of benzene rings is 4. The molecule has 0 unspecified atom stereocenters. The van der Waals surface area contributed by atoms with Crippen LogP contribution >= 0.6 is 0 Å². The van der Waals surface area contributed by atoms with Gasteiger partial charge in [0.05, 0.1) is 0 Å². The second-order valence-corrected chi connectivity index (χ2v) is 8.48. The average molecular weight is 409 g/mol. The SMILES string of the molecule is Cc1ccc(-c2ccc(C)c(C)c2)cc1.Cc1ccc(C)cc1.Cc1cccc(C)c1. The first-order valence-corrected chi connectivity index (χ1v) is 11.0. The molecule has 0 atom stereocenters. The number of aryl methyl sites for hydroxylation is 7. The Kier molecular flexibility index (Phi) is 9.28. The highest BCUT2D eigenvalue weighted by Gasteiger charge is 1.99. The summed E-state index contributed by atoms with van der Waals surface area (Å²) >= 11 is 0. The summed E-state index contributed by atoms with van der Waals surface area (Å²) < 4.78 is 0. The van der Waals surface area contributed by atoms with E-state index in [2.05, 4.69) is 139 Å². The van der Waals surface area contributed by atoms with Crippen molar-refractivity contribution in [3.63, 3.8) is 0 Å². The largest absolute Gasteiger partial charge is 0.0617 e. The minimum absolute atomic E-state index is 1.30. The Balaban J connectivity index is 0.000000181. The fourth-order valence-corrected chi connectivity index (χ4v) is 3.11. The zero-order chi connectivity index (χ0) is 22.8. The van der Waals surface area contributed by atoms with E-state index in [0.717, 1.165) is 0 Å². The van der Waals surface area contributed by atoms with Crippen molar-refractivity contribution < 1.29 is 0 Å². The normalized spacial score (nSPS) is 9.77. The van der Waals surface area contributed by atoms with Gasteiger partial charge in [0.25, 0.3) is 0 Å². The highest BCUT2D eigenvalue weighted by atomic mass is 14.0. The molecule has 160 valence electrons. The maximum Gasteiger partial charge on any atom is -0.0181 e. The standard InChI is InChI=1S/C15H16.2C8H10/c1-11-4-7-14(8-5-11)15-9-6-12(2)13(3)10-15;1-7-3-5-8(2)6-4-7;1-7-4-3-5-8(2)6-7/h4-10H,1-3H3;2*3-6H,1-2H3. The van der Waals surface area contributed by atoms with E-state index in [1.54, 1.807) is 0 Å². The van der Waals surface area contributed by atoms with E-state index in [-0.39, 0.29) is 0 Å². The summed E-state index contributed by atoms with van der Waals surface area (Å²) in [5.74, 6) is 0. The minimum Gasteiger partial charge on any atom is -0.0617 e. The molecule has 0 aliphatic carbocycles. The van der Waals surface area contributed by atoms with E-state index in [1.807, 2.05) is 0 Å². The van der Waals surface area contributed by atoms with Crippen LogP contribution in [0.5, 0.6) is 0 Å². The fourth-order valence-electron chi connectivity index (χ4n) is 3.11. The van der Waals surface area contributed by atoms with Crippen molar-refractivity contribution in [3.8, 4) is 11.1 Å². The quantitative estimate of drug-likeness (QED) is 0.295. The molecule has 0 nitrogen and oxygen atoms in total. The molecule has 0 aliphatic heterocycles. The minimum atomic E-state index is 1.30. The van der Waals surface area contributed by atoms with Crippen molar-refractivity contribution in [1.82, 2.24) is 0 Å². The molecule has 0 bridgehead atoms. The molecule has 0 N–H and O–H groups in total. The van der Waals surface area contributed by atoms with Gasteiger partial charge in [0, 0.05) is 0 Å². The summed E-state index contributed by atoms with van der Waals surface area (Å²) in [7, 11) is 0. The average Bonchev–Trinajstić information content (AvgIpc) is 2.74. The van der Waals surface area contributed by atoms with Crippen molar-refractivity contribution in [1.29, 1.82) is 0 Å². The Hall–Kier alpha value is -3.12. The molecule has 4 rings (SSSR count). The lowest BCUT2D eigenvalue weighted by molar-refractivity contribution is 1.34. The van der Waals surface area contributed by atoms with Crippen molar-refractivity contribution in [2.45, 2.75) is 48.5 Å². The molecule has 0 radical (unpaired) electrons. The summed E-state index contributed by atoms with van der Waals surface area (Å²) in [5, 5.41) is 0. The predicted octanol–water partition coefficient (Wildman–Crippen LogP) is 8.89. The number of rotatable bonds is 1. The highest BCUT2D eigenvalue weighted by Crippen LogP contribution is 2.22. The second-order valence-electron chi connectivity index (χ2n) is 8.48.